The van der Waals surface area contributed by atoms with Crippen molar-refractivity contribution in [3.8, 4) is 0 Å². The van der Waals surface area contributed by atoms with Crippen LogP contribution in [0.25, 0.3) is 0 Å². The van der Waals surface area contributed by atoms with Gasteiger partial charge in [-0.2, -0.15) is 0 Å². The molecule has 0 aliphatic heterocycles. The first-order valence-corrected chi connectivity index (χ1v) is 10.8. The summed E-state index contributed by atoms with van der Waals surface area (Å²) in [5.74, 6) is -2.69. The van der Waals surface area contributed by atoms with Crippen LogP contribution in [0.1, 0.15) is 103 Å². The molecule has 3 heteroatoms. The van der Waals surface area contributed by atoms with E-state index in [4.69, 9.17) is 0 Å². The average Bonchev–Trinajstić information content (AvgIpc) is 2.54. The maximum Gasteiger partial charge on any atom is 0.269 e. The minimum Gasteiger partial charge on any atom is -0.202 e. The molecule has 138 valence electrons. The smallest absolute Gasteiger partial charge is 0.202 e. The van der Waals surface area contributed by atoms with Crippen molar-refractivity contribution in [1.29, 1.82) is 0 Å². The topological polar surface area (TPSA) is 0 Å². The van der Waals surface area contributed by atoms with E-state index in [9.17, 15) is 8.78 Å². The molecule has 0 aromatic rings. The summed E-state index contributed by atoms with van der Waals surface area (Å²) in [5, 5.41) is 0.193. The molecule has 0 N–H and O–H groups in total. The summed E-state index contributed by atoms with van der Waals surface area (Å²) in [5.41, 5.74) is 0.00666. The van der Waals surface area contributed by atoms with Gasteiger partial charge in [0.2, 0.25) is 0 Å². The molecule has 0 heterocycles. The molecule has 0 aromatic heterocycles. The summed E-state index contributed by atoms with van der Waals surface area (Å²) >= 11 is 3.06. The van der Waals surface area contributed by atoms with Crippen LogP contribution in [0.15, 0.2) is 12.2 Å². The quantitative estimate of drug-likeness (QED) is 0.132. The monoisotopic (exact) mass is 394 g/mol. The Labute approximate surface area is 151 Å². The van der Waals surface area contributed by atoms with E-state index in [1.54, 1.807) is 0 Å². The van der Waals surface area contributed by atoms with E-state index in [2.05, 4.69) is 29.4 Å². The van der Waals surface area contributed by atoms with E-state index in [1.165, 1.54) is 70.6 Å². The highest BCUT2D eigenvalue weighted by molar-refractivity contribution is 9.09. The van der Waals surface area contributed by atoms with Crippen molar-refractivity contribution in [2.75, 3.05) is 5.33 Å². The SMILES string of the molecule is C=C(CBr)C(F)(F)CCCCCCCCCCCCCCCC. The third-order valence-electron chi connectivity index (χ3n) is 4.52. The number of unbranched alkanes of at least 4 members (excludes halogenated alkanes) is 13. The van der Waals surface area contributed by atoms with Gasteiger partial charge in [0.1, 0.15) is 0 Å². The molecular weight excluding hydrogens is 358 g/mol. The van der Waals surface area contributed by atoms with Crippen LogP contribution in [0.3, 0.4) is 0 Å². The fraction of sp³-hybridized carbons (Fsp3) is 0.900. The zero-order valence-electron chi connectivity index (χ0n) is 15.2. The summed E-state index contributed by atoms with van der Waals surface area (Å²) in [6, 6.07) is 0. The highest BCUT2D eigenvalue weighted by atomic mass is 79.9. The lowest BCUT2D eigenvalue weighted by Gasteiger charge is -2.17. The van der Waals surface area contributed by atoms with Gasteiger partial charge >= 0.3 is 0 Å². The second-order valence-corrected chi connectivity index (χ2v) is 7.35. The second kappa shape index (κ2) is 15.6. The van der Waals surface area contributed by atoms with Gasteiger partial charge in [0.25, 0.3) is 5.92 Å². The number of allylic oxidation sites excluding steroid dienone is 1. The van der Waals surface area contributed by atoms with E-state index in [0.29, 0.717) is 6.42 Å². The van der Waals surface area contributed by atoms with Gasteiger partial charge in [-0.15, -0.1) is 0 Å². The molecule has 0 amide bonds. The maximum absolute atomic E-state index is 13.5. The van der Waals surface area contributed by atoms with Gasteiger partial charge in [-0.3, -0.25) is 0 Å². The van der Waals surface area contributed by atoms with Crippen molar-refractivity contribution in [1.82, 2.24) is 0 Å². The fourth-order valence-electron chi connectivity index (χ4n) is 2.82. The molecule has 0 radical (unpaired) electrons. The molecule has 0 nitrogen and oxygen atoms in total. The molecule has 0 atom stereocenters. The Bertz CT molecular complexity index is 277. The molecule has 23 heavy (non-hydrogen) atoms. The highest BCUT2D eigenvalue weighted by Gasteiger charge is 2.30. The number of hydrogen-bond acceptors (Lipinski definition) is 0. The van der Waals surface area contributed by atoms with E-state index < -0.39 is 5.92 Å². The van der Waals surface area contributed by atoms with Crippen molar-refractivity contribution >= 4 is 15.9 Å². The van der Waals surface area contributed by atoms with Crippen LogP contribution >= 0.6 is 15.9 Å². The summed E-state index contributed by atoms with van der Waals surface area (Å²) in [4.78, 5) is 0. The zero-order chi connectivity index (χ0) is 17.4. The average molecular weight is 395 g/mol. The molecule has 0 unspecified atom stereocenters. The van der Waals surface area contributed by atoms with Crippen LogP contribution in [0.4, 0.5) is 8.78 Å². The van der Waals surface area contributed by atoms with Crippen LogP contribution < -0.4 is 0 Å². The first-order chi connectivity index (χ1) is 11.0. The van der Waals surface area contributed by atoms with E-state index in [-0.39, 0.29) is 17.3 Å². The van der Waals surface area contributed by atoms with Gasteiger partial charge < -0.3 is 0 Å². The van der Waals surface area contributed by atoms with Crippen molar-refractivity contribution in [3.63, 3.8) is 0 Å². The molecule has 0 saturated heterocycles. The second-order valence-electron chi connectivity index (χ2n) is 6.79. The molecule has 0 rings (SSSR count). The Morgan fingerprint density at radius 3 is 1.43 bits per heavy atom. The minimum atomic E-state index is -2.69. The number of hydrogen-bond donors (Lipinski definition) is 0. The Morgan fingerprint density at radius 1 is 0.739 bits per heavy atom. The third kappa shape index (κ3) is 14.2. The van der Waals surface area contributed by atoms with Gasteiger partial charge in [0.15, 0.2) is 0 Å². The van der Waals surface area contributed by atoms with Gasteiger partial charge in [0, 0.05) is 17.3 Å². The number of alkyl halides is 3. The first-order valence-electron chi connectivity index (χ1n) is 9.66. The van der Waals surface area contributed by atoms with Crippen molar-refractivity contribution < 1.29 is 8.78 Å². The summed E-state index contributed by atoms with van der Waals surface area (Å²) in [6.45, 7) is 5.69. The minimum absolute atomic E-state index is 0.00666. The van der Waals surface area contributed by atoms with Crippen molar-refractivity contribution in [2.45, 2.75) is 109 Å². The summed E-state index contributed by atoms with van der Waals surface area (Å²) in [6.07, 6.45) is 17.3. The lowest BCUT2D eigenvalue weighted by molar-refractivity contribution is 0.0309. The Balaban J connectivity index is 3.24. The van der Waals surface area contributed by atoms with Gasteiger partial charge in [0.05, 0.1) is 0 Å². The van der Waals surface area contributed by atoms with E-state index in [1.807, 2.05) is 0 Å². The zero-order valence-corrected chi connectivity index (χ0v) is 16.7. The lowest BCUT2D eigenvalue weighted by atomic mass is 10.0. The Morgan fingerprint density at radius 2 is 1.09 bits per heavy atom. The standard InChI is InChI=1S/C20H37BrF2/c1-3-4-5-6-7-8-9-10-11-12-13-14-15-16-17-20(22,23)19(2)18-21/h2-18H2,1H3. The Hall–Kier alpha value is 0.0800. The van der Waals surface area contributed by atoms with E-state index in [0.717, 1.165) is 12.8 Å². The van der Waals surface area contributed by atoms with Gasteiger partial charge in [-0.05, 0) is 6.42 Å². The van der Waals surface area contributed by atoms with Crippen LogP contribution in [0.5, 0.6) is 0 Å². The summed E-state index contributed by atoms with van der Waals surface area (Å²) < 4.78 is 27.1. The van der Waals surface area contributed by atoms with Gasteiger partial charge in [-0.1, -0.05) is 113 Å². The normalized spacial score (nSPS) is 11.8. The lowest BCUT2D eigenvalue weighted by Crippen LogP contribution is -2.19. The molecular formula is C20H37BrF2. The van der Waals surface area contributed by atoms with Gasteiger partial charge in [-0.25, -0.2) is 8.78 Å². The van der Waals surface area contributed by atoms with Crippen LogP contribution in [0.2, 0.25) is 0 Å². The molecule has 0 saturated carbocycles. The van der Waals surface area contributed by atoms with Crippen molar-refractivity contribution in [3.05, 3.63) is 12.2 Å². The fourth-order valence-corrected chi connectivity index (χ4v) is 3.23. The number of rotatable bonds is 17. The molecule has 0 aromatic carbocycles. The highest BCUT2D eigenvalue weighted by Crippen LogP contribution is 2.30. The molecule has 0 spiro atoms. The van der Waals surface area contributed by atoms with Crippen LogP contribution in [-0.4, -0.2) is 11.3 Å². The van der Waals surface area contributed by atoms with Crippen molar-refractivity contribution in [2.24, 2.45) is 0 Å². The number of halogens is 3. The molecule has 0 aliphatic carbocycles. The predicted octanol–water partition coefficient (Wildman–Crippen LogP) is 8.44. The maximum atomic E-state index is 13.5. The summed E-state index contributed by atoms with van der Waals surface area (Å²) in [7, 11) is 0. The first kappa shape index (κ1) is 23.1. The molecule has 0 fully saturated rings. The predicted molar refractivity (Wildman–Crippen MR) is 103 cm³/mol. The van der Waals surface area contributed by atoms with Crippen LogP contribution in [-0.2, 0) is 0 Å². The van der Waals surface area contributed by atoms with E-state index >= 15 is 0 Å². The Kier molecular flexibility index (Phi) is 15.7. The molecule has 0 bridgehead atoms. The largest absolute Gasteiger partial charge is 0.269 e. The third-order valence-corrected chi connectivity index (χ3v) is 5.20. The molecule has 0 aliphatic rings. The van der Waals surface area contributed by atoms with Crippen LogP contribution in [0, 0.1) is 0 Å².